The fourth-order valence-corrected chi connectivity index (χ4v) is 1.92. The number of hydrogen-bond acceptors (Lipinski definition) is 4. The van der Waals surface area contributed by atoms with Crippen molar-refractivity contribution in [3.8, 4) is 0 Å². The standard InChI is InChI=1S/C11H12O4S/c1-15-11(12)9-16(13,14)8-7-10-5-3-2-4-6-10/h2-8H,9H2,1H3/b8-7-. The monoisotopic (exact) mass is 240 g/mol. The Balaban J connectivity index is 2.74. The van der Waals surface area contributed by atoms with Crippen molar-refractivity contribution in [1.82, 2.24) is 0 Å². The van der Waals surface area contributed by atoms with Gasteiger partial charge in [0.15, 0.2) is 15.6 Å². The third-order valence-electron chi connectivity index (χ3n) is 1.81. The molecule has 0 saturated carbocycles. The van der Waals surface area contributed by atoms with E-state index < -0.39 is 21.6 Å². The number of sulfone groups is 1. The van der Waals surface area contributed by atoms with E-state index in [9.17, 15) is 13.2 Å². The van der Waals surface area contributed by atoms with Gasteiger partial charge < -0.3 is 4.74 Å². The van der Waals surface area contributed by atoms with E-state index in [1.54, 1.807) is 24.3 Å². The zero-order valence-corrected chi connectivity index (χ0v) is 9.61. The van der Waals surface area contributed by atoms with Gasteiger partial charge in [0, 0.05) is 5.41 Å². The summed E-state index contributed by atoms with van der Waals surface area (Å²) in [5.41, 5.74) is 0.760. The third kappa shape index (κ3) is 4.27. The summed E-state index contributed by atoms with van der Waals surface area (Å²) in [6, 6.07) is 8.97. The molecule has 0 aliphatic rings. The van der Waals surface area contributed by atoms with Crippen LogP contribution in [0.5, 0.6) is 0 Å². The second kappa shape index (κ2) is 5.46. The van der Waals surface area contributed by atoms with E-state index in [-0.39, 0.29) is 0 Å². The first kappa shape index (κ1) is 12.4. The molecule has 86 valence electrons. The second-order valence-corrected chi connectivity index (χ2v) is 4.98. The lowest BCUT2D eigenvalue weighted by Gasteiger charge is -1.97. The fourth-order valence-electron chi connectivity index (χ4n) is 1.02. The van der Waals surface area contributed by atoms with Crippen LogP contribution in [0.2, 0.25) is 0 Å². The summed E-state index contributed by atoms with van der Waals surface area (Å²) >= 11 is 0. The number of benzene rings is 1. The van der Waals surface area contributed by atoms with Crippen molar-refractivity contribution < 1.29 is 17.9 Å². The van der Waals surface area contributed by atoms with Crippen molar-refractivity contribution in [1.29, 1.82) is 0 Å². The van der Waals surface area contributed by atoms with Gasteiger partial charge in [-0.15, -0.1) is 0 Å². The molecule has 0 atom stereocenters. The van der Waals surface area contributed by atoms with Gasteiger partial charge in [-0.1, -0.05) is 30.3 Å². The maximum absolute atomic E-state index is 11.4. The van der Waals surface area contributed by atoms with E-state index in [4.69, 9.17) is 0 Å². The lowest BCUT2D eigenvalue weighted by Crippen LogP contribution is -2.14. The highest BCUT2D eigenvalue weighted by atomic mass is 32.2. The SMILES string of the molecule is COC(=O)CS(=O)(=O)/C=C\c1ccccc1. The summed E-state index contributed by atoms with van der Waals surface area (Å²) in [6.45, 7) is 0. The molecule has 0 unspecified atom stereocenters. The van der Waals surface area contributed by atoms with E-state index in [1.807, 2.05) is 6.07 Å². The summed E-state index contributed by atoms with van der Waals surface area (Å²) in [5.74, 6) is -1.40. The largest absolute Gasteiger partial charge is 0.468 e. The van der Waals surface area contributed by atoms with Crippen molar-refractivity contribution in [2.75, 3.05) is 12.9 Å². The van der Waals surface area contributed by atoms with Gasteiger partial charge in [-0.2, -0.15) is 0 Å². The normalized spacial score (nSPS) is 11.6. The molecule has 0 radical (unpaired) electrons. The Bertz CT molecular complexity index is 474. The molecule has 0 saturated heterocycles. The average molecular weight is 240 g/mol. The van der Waals surface area contributed by atoms with Crippen LogP contribution < -0.4 is 0 Å². The second-order valence-electron chi connectivity index (χ2n) is 3.10. The Hall–Kier alpha value is -1.62. The molecular formula is C11H12O4S. The van der Waals surface area contributed by atoms with Crippen LogP contribution in [0.1, 0.15) is 5.56 Å². The number of esters is 1. The minimum absolute atomic E-state index is 0.632. The topological polar surface area (TPSA) is 60.4 Å². The third-order valence-corrected chi connectivity index (χ3v) is 3.00. The highest BCUT2D eigenvalue weighted by Crippen LogP contribution is 2.04. The predicted molar refractivity (Wildman–Crippen MR) is 61.3 cm³/mol. The molecule has 5 heteroatoms. The van der Waals surface area contributed by atoms with Crippen LogP contribution in [0, 0.1) is 0 Å². The first-order valence-electron chi connectivity index (χ1n) is 4.56. The number of rotatable bonds is 4. The minimum Gasteiger partial charge on any atom is -0.468 e. The Kier molecular flexibility index (Phi) is 4.25. The molecule has 16 heavy (non-hydrogen) atoms. The molecule has 1 aromatic carbocycles. The predicted octanol–water partition coefficient (Wildman–Crippen LogP) is 1.25. The van der Waals surface area contributed by atoms with Crippen molar-refractivity contribution in [2.45, 2.75) is 0 Å². The van der Waals surface area contributed by atoms with Crippen molar-refractivity contribution in [2.24, 2.45) is 0 Å². The molecule has 4 nitrogen and oxygen atoms in total. The zero-order valence-electron chi connectivity index (χ0n) is 8.79. The molecule has 0 fully saturated rings. The molecule has 1 rings (SSSR count). The highest BCUT2D eigenvalue weighted by Gasteiger charge is 2.13. The van der Waals surface area contributed by atoms with Crippen LogP contribution in [0.25, 0.3) is 6.08 Å². The maximum atomic E-state index is 11.4. The quantitative estimate of drug-likeness (QED) is 0.743. The molecule has 0 amide bonds. The average Bonchev–Trinajstić information content (AvgIpc) is 2.27. The van der Waals surface area contributed by atoms with Gasteiger partial charge in [-0.25, -0.2) is 8.42 Å². The first-order valence-corrected chi connectivity index (χ1v) is 6.28. The van der Waals surface area contributed by atoms with Crippen LogP contribution in [0.15, 0.2) is 35.7 Å². The van der Waals surface area contributed by atoms with Gasteiger partial charge in [0.2, 0.25) is 0 Å². The van der Waals surface area contributed by atoms with E-state index in [0.717, 1.165) is 18.1 Å². The summed E-state index contributed by atoms with van der Waals surface area (Å²) < 4.78 is 27.1. The van der Waals surface area contributed by atoms with Crippen LogP contribution in [0.4, 0.5) is 0 Å². The number of carbonyl (C=O) groups excluding carboxylic acids is 1. The first-order chi connectivity index (χ1) is 7.53. The van der Waals surface area contributed by atoms with Gasteiger partial charge in [-0.3, -0.25) is 4.79 Å². The lowest BCUT2D eigenvalue weighted by atomic mass is 10.2. The van der Waals surface area contributed by atoms with Crippen LogP contribution in [-0.4, -0.2) is 27.2 Å². The van der Waals surface area contributed by atoms with E-state index in [1.165, 1.54) is 6.08 Å². The highest BCUT2D eigenvalue weighted by molar-refractivity contribution is 7.95. The molecule has 0 aromatic heterocycles. The molecule has 0 spiro atoms. The molecule has 0 aliphatic heterocycles. The van der Waals surface area contributed by atoms with Gasteiger partial charge >= 0.3 is 5.97 Å². The Morgan fingerprint density at radius 2 is 1.94 bits per heavy atom. The van der Waals surface area contributed by atoms with Gasteiger partial charge in [-0.05, 0) is 11.6 Å². The molecular weight excluding hydrogens is 228 g/mol. The molecule has 0 aliphatic carbocycles. The smallest absolute Gasteiger partial charge is 0.321 e. The fraction of sp³-hybridized carbons (Fsp3) is 0.182. The van der Waals surface area contributed by atoms with Crippen LogP contribution >= 0.6 is 0 Å². The number of methoxy groups -OCH3 is 1. The number of ether oxygens (including phenoxy) is 1. The van der Waals surface area contributed by atoms with E-state index in [0.29, 0.717) is 0 Å². The summed E-state index contributed by atoms with van der Waals surface area (Å²) in [4.78, 5) is 10.8. The van der Waals surface area contributed by atoms with E-state index >= 15 is 0 Å². The van der Waals surface area contributed by atoms with Gasteiger partial charge in [0.1, 0.15) is 0 Å². The Morgan fingerprint density at radius 1 is 1.31 bits per heavy atom. The molecule has 1 aromatic rings. The summed E-state index contributed by atoms with van der Waals surface area (Å²) in [5, 5.41) is 1.01. The van der Waals surface area contributed by atoms with Crippen LogP contribution in [0.3, 0.4) is 0 Å². The molecule has 0 N–H and O–H groups in total. The molecule has 0 bridgehead atoms. The van der Waals surface area contributed by atoms with Crippen molar-refractivity contribution in [3.05, 3.63) is 41.3 Å². The van der Waals surface area contributed by atoms with Crippen molar-refractivity contribution >= 4 is 21.9 Å². The van der Waals surface area contributed by atoms with Crippen LogP contribution in [-0.2, 0) is 19.4 Å². The Morgan fingerprint density at radius 3 is 2.50 bits per heavy atom. The summed E-state index contributed by atoms with van der Waals surface area (Å²) in [6.07, 6.45) is 1.44. The van der Waals surface area contributed by atoms with E-state index in [2.05, 4.69) is 4.74 Å². The lowest BCUT2D eigenvalue weighted by molar-refractivity contribution is -0.137. The maximum Gasteiger partial charge on any atom is 0.321 e. The van der Waals surface area contributed by atoms with Gasteiger partial charge in [0.25, 0.3) is 0 Å². The number of hydrogen-bond donors (Lipinski definition) is 0. The zero-order chi connectivity index (χ0) is 12.0. The summed E-state index contributed by atoms with van der Waals surface area (Å²) in [7, 11) is -2.39. The molecule has 0 heterocycles. The van der Waals surface area contributed by atoms with Gasteiger partial charge in [0.05, 0.1) is 7.11 Å². The number of carbonyl (C=O) groups is 1. The minimum atomic E-state index is -3.55. The van der Waals surface area contributed by atoms with Crippen molar-refractivity contribution in [3.63, 3.8) is 0 Å². The Labute approximate surface area is 94.5 Å².